The van der Waals surface area contributed by atoms with Crippen LogP contribution < -0.4 is 0 Å². The summed E-state index contributed by atoms with van der Waals surface area (Å²) in [6, 6.07) is 12.7. The Morgan fingerprint density at radius 1 is 1.00 bits per heavy atom. The van der Waals surface area contributed by atoms with Crippen LogP contribution in [0.3, 0.4) is 0 Å². The van der Waals surface area contributed by atoms with E-state index in [2.05, 4.69) is 57.2 Å². The van der Waals surface area contributed by atoms with Crippen molar-refractivity contribution in [3.8, 4) is 0 Å². The minimum Gasteiger partial charge on any atom is -0.456 e. The first-order valence-electron chi connectivity index (χ1n) is 6.08. The lowest BCUT2D eigenvalue weighted by molar-refractivity contribution is 0.668. The zero-order valence-electron chi connectivity index (χ0n) is 10.4. The zero-order valence-corrected chi connectivity index (χ0v) is 10.4. The molecule has 17 heavy (non-hydrogen) atoms. The molecule has 2 aromatic carbocycles. The fraction of sp³-hybridized carbons (Fsp3) is 0.250. The second-order valence-corrected chi connectivity index (χ2v) is 4.98. The van der Waals surface area contributed by atoms with Crippen LogP contribution in [0.5, 0.6) is 0 Å². The van der Waals surface area contributed by atoms with Crippen molar-refractivity contribution in [1.29, 1.82) is 0 Å². The molecule has 0 radical (unpaired) electrons. The third-order valence-corrected chi connectivity index (χ3v) is 3.30. The van der Waals surface area contributed by atoms with Crippen molar-refractivity contribution in [2.24, 2.45) is 0 Å². The Labute approximate surface area is 101 Å². The number of hydrogen-bond acceptors (Lipinski definition) is 1. The Bertz CT molecular complexity index is 689. The number of fused-ring (bicyclic) bond motifs is 3. The molecule has 1 nitrogen and oxygen atoms in total. The summed E-state index contributed by atoms with van der Waals surface area (Å²) in [5, 5.41) is 2.52. The molecule has 1 aromatic heterocycles. The molecule has 0 N–H and O–H groups in total. The van der Waals surface area contributed by atoms with Gasteiger partial charge in [-0.3, -0.25) is 0 Å². The highest BCUT2D eigenvalue weighted by atomic mass is 16.3. The van der Waals surface area contributed by atoms with Gasteiger partial charge in [0.05, 0.1) is 0 Å². The maximum absolute atomic E-state index is 5.90. The normalized spacial score (nSPS) is 11.8. The van der Waals surface area contributed by atoms with E-state index in [1.54, 1.807) is 0 Å². The number of rotatable bonds is 1. The van der Waals surface area contributed by atoms with E-state index < -0.39 is 0 Å². The SMILES string of the molecule is Cc1ccc2oc3cccc(C(C)C)c3c2c1. The van der Waals surface area contributed by atoms with Crippen LogP contribution in [0.1, 0.15) is 30.9 Å². The Balaban J connectivity index is 2.51. The molecular formula is C16H16O. The van der Waals surface area contributed by atoms with Crippen LogP contribution in [0.4, 0.5) is 0 Å². The molecule has 0 aliphatic rings. The highest BCUT2D eigenvalue weighted by molar-refractivity contribution is 6.07. The van der Waals surface area contributed by atoms with Gasteiger partial charge in [0.25, 0.3) is 0 Å². The molecule has 1 heterocycles. The average molecular weight is 224 g/mol. The maximum atomic E-state index is 5.90. The average Bonchev–Trinajstić information content (AvgIpc) is 2.66. The first-order chi connectivity index (χ1) is 8.16. The number of aryl methyl sites for hydroxylation is 1. The third-order valence-electron chi connectivity index (χ3n) is 3.30. The van der Waals surface area contributed by atoms with E-state index in [-0.39, 0.29) is 0 Å². The van der Waals surface area contributed by atoms with Crippen LogP contribution in [0, 0.1) is 6.92 Å². The zero-order chi connectivity index (χ0) is 12.0. The van der Waals surface area contributed by atoms with Gasteiger partial charge < -0.3 is 4.42 Å². The first kappa shape index (κ1) is 10.4. The van der Waals surface area contributed by atoms with Gasteiger partial charge in [-0.25, -0.2) is 0 Å². The van der Waals surface area contributed by atoms with Crippen LogP contribution in [-0.2, 0) is 0 Å². The van der Waals surface area contributed by atoms with Crippen molar-refractivity contribution in [3.63, 3.8) is 0 Å². The van der Waals surface area contributed by atoms with E-state index in [0.29, 0.717) is 5.92 Å². The number of hydrogen-bond donors (Lipinski definition) is 0. The molecule has 0 saturated heterocycles. The summed E-state index contributed by atoms with van der Waals surface area (Å²) in [5.41, 5.74) is 4.63. The molecule has 1 heteroatoms. The Hall–Kier alpha value is -1.76. The summed E-state index contributed by atoms with van der Waals surface area (Å²) in [6.45, 7) is 6.57. The summed E-state index contributed by atoms with van der Waals surface area (Å²) < 4.78 is 5.90. The van der Waals surface area contributed by atoms with Crippen molar-refractivity contribution in [2.75, 3.05) is 0 Å². The van der Waals surface area contributed by atoms with Crippen LogP contribution in [0.2, 0.25) is 0 Å². The van der Waals surface area contributed by atoms with Gasteiger partial charge in [-0.05, 0) is 36.6 Å². The highest BCUT2D eigenvalue weighted by Gasteiger charge is 2.12. The largest absolute Gasteiger partial charge is 0.456 e. The van der Waals surface area contributed by atoms with Gasteiger partial charge in [0.2, 0.25) is 0 Å². The van der Waals surface area contributed by atoms with E-state index in [0.717, 1.165) is 11.2 Å². The van der Waals surface area contributed by atoms with Gasteiger partial charge in [-0.15, -0.1) is 0 Å². The highest BCUT2D eigenvalue weighted by Crippen LogP contribution is 2.34. The van der Waals surface area contributed by atoms with Crippen LogP contribution in [0.15, 0.2) is 40.8 Å². The summed E-state index contributed by atoms with van der Waals surface area (Å²) in [4.78, 5) is 0. The molecule has 3 rings (SSSR count). The van der Waals surface area contributed by atoms with Crippen LogP contribution >= 0.6 is 0 Å². The van der Waals surface area contributed by atoms with E-state index in [1.807, 2.05) is 0 Å². The van der Waals surface area contributed by atoms with Crippen LogP contribution in [-0.4, -0.2) is 0 Å². The molecule has 0 aliphatic heterocycles. The van der Waals surface area contributed by atoms with Crippen molar-refractivity contribution in [1.82, 2.24) is 0 Å². The molecular weight excluding hydrogens is 208 g/mol. The van der Waals surface area contributed by atoms with Crippen molar-refractivity contribution < 1.29 is 4.42 Å². The van der Waals surface area contributed by atoms with E-state index in [4.69, 9.17) is 4.42 Å². The van der Waals surface area contributed by atoms with Crippen molar-refractivity contribution in [2.45, 2.75) is 26.7 Å². The Morgan fingerprint density at radius 3 is 2.59 bits per heavy atom. The lowest BCUT2D eigenvalue weighted by Crippen LogP contribution is -1.87. The lowest BCUT2D eigenvalue weighted by atomic mass is 9.97. The topological polar surface area (TPSA) is 13.1 Å². The Kier molecular flexibility index (Phi) is 2.22. The van der Waals surface area contributed by atoms with Gasteiger partial charge >= 0.3 is 0 Å². The van der Waals surface area contributed by atoms with Gasteiger partial charge in [-0.1, -0.05) is 37.6 Å². The number of benzene rings is 2. The summed E-state index contributed by atoms with van der Waals surface area (Å²) in [7, 11) is 0. The van der Waals surface area contributed by atoms with Gasteiger partial charge in [0.15, 0.2) is 0 Å². The van der Waals surface area contributed by atoms with Crippen molar-refractivity contribution >= 4 is 21.9 Å². The second kappa shape index (κ2) is 3.63. The van der Waals surface area contributed by atoms with E-state index >= 15 is 0 Å². The van der Waals surface area contributed by atoms with Crippen molar-refractivity contribution in [3.05, 3.63) is 47.5 Å². The minimum absolute atomic E-state index is 0.514. The third kappa shape index (κ3) is 1.54. The molecule has 0 bridgehead atoms. The van der Waals surface area contributed by atoms with Gasteiger partial charge in [0.1, 0.15) is 11.2 Å². The van der Waals surface area contributed by atoms with E-state index in [9.17, 15) is 0 Å². The molecule has 0 unspecified atom stereocenters. The molecule has 0 aliphatic carbocycles. The first-order valence-corrected chi connectivity index (χ1v) is 6.08. The van der Waals surface area contributed by atoms with Gasteiger partial charge in [0, 0.05) is 10.8 Å². The summed E-state index contributed by atoms with van der Waals surface area (Å²) in [6.07, 6.45) is 0. The monoisotopic (exact) mass is 224 g/mol. The molecule has 0 spiro atoms. The standard InChI is InChI=1S/C16H16O/c1-10(2)12-5-4-6-15-16(12)13-9-11(3)7-8-14(13)17-15/h4-10H,1-3H3. The van der Waals surface area contributed by atoms with E-state index in [1.165, 1.54) is 21.9 Å². The fourth-order valence-electron chi connectivity index (χ4n) is 2.45. The molecule has 3 aromatic rings. The lowest BCUT2D eigenvalue weighted by Gasteiger charge is -2.06. The number of furan rings is 1. The summed E-state index contributed by atoms with van der Waals surface area (Å²) in [5.74, 6) is 0.514. The smallest absolute Gasteiger partial charge is 0.135 e. The minimum atomic E-state index is 0.514. The maximum Gasteiger partial charge on any atom is 0.135 e. The summed E-state index contributed by atoms with van der Waals surface area (Å²) >= 11 is 0. The molecule has 0 atom stereocenters. The van der Waals surface area contributed by atoms with Crippen LogP contribution in [0.25, 0.3) is 21.9 Å². The quantitative estimate of drug-likeness (QED) is 0.565. The molecule has 0 saturated carbocycles. The predicted molar refractivity (Wildman–Crippen MR) is 72.5 cm³/mol. The van der Waals surface area contributed by atoms with Gasteiger partial charge in [-0.2, -0.15) is 0 Å². The predicted octanol–water partition coefficient (Wildman–Crippen LogP) is 5.02. The molecule has 0 fully saturated rings. The fourth-order valence-corrected chi connectivity index (χ4v) is 2.45. The second-order valence-electron chi connectivity index (χ2n) is 4.98. The molecule has 0 amide bonds. The Morgan fingerprint density at radius 2 is 1.82 bits per heavy atom. The molecule has 86 valence electrons.